The zero-order valence-corrected chi connectivity index (χ0v) is 14.6. The van der Waals surface area contributed by atoms with Crippen LogP contribution in [0.25, 0.3) is 11.4 Å². The summed E-state index contributed by atoms with van der Waals surface area (Å²) in [6.07, 6.45) is 0.491. The lowest BCUT2D eigenvalue weighted by Crippen LogP contribution is -2.10. The Morgan fingerprint density at radius 1 is 1.00 bits per heavy atom. The molecular weight excluding hydrogens is 319 g/mol. The first-order valence-corrected chi connectivity index (χ1v) is 8.24. The number of aromatic nitrogens is 2. The van der Waals surface area contributed by atoms with Gasteiger partial charge in [-0.1, -0.05) is 50.2 Å². The highest BCUT2D eigenvalue weighted by atomic mass is 19.1. The Morgan fingerprint density at radius 2 is 1.68 bits per heavy atom. The van der Waals surface area contributed by atoms with E-state index in [9.17, 15) is 4.39 Å². The Balaban J connectivity index is 1.59. The Kier molecular flexibility index (Phi) is 4.83. The summed E-state index contributed by atoms with van der Waals surface area (Å²) in [5, 5.41) is 4.02. The second-order valence-electron chi connectivity index (χ2n) is 6.89. The second kappa shape index (κ2) is 7.05. The van der Waals surface area contributed by atoms with Crippen LogP contribution in [0.2, 0.25) is 0 Å². The maximum atomic E-state index is 12.8. The van der Waals surface area contributed by atoms with Gasteiger partial charge in [0.25, 0.3) is 0 Å². The third kappa shape index (κ3) is 4.44. The maximum Gasteiger partial charge on any atom is 0.230 e. The van der Waals surface area contributed by atoms with Crippen molar-refractivity contribution in [1.82, 2.24) is 10.1 Å². The van der Waals surface area contributed by atoms with Gasteiger partial charge in [0.2, 0.25) is 11.7 Å². The molecule has 3 rings (SSSR count). The van der Waals surface area contributed by atoms with Gasteiger partial charge in [-0.2, -0.15) is 4.98 Å². The molecule has 0 saturated carbocycles. The minimum Gasteiger partial charge on any atom is -0.493 e. The molecule has 5 heteroatoms. The van der Waals surface area contributed by atoms with Crippen molar-refractivity contribution in [3.05, 3.63) is 65.8 Å². The number of ether oxygens (including phenoxy) is 1. The van der Waals surface area contributed by atoms with Gasteiger partial charge < -0.3 is 9.26 Å². The molecule has 0 atom stereocenters. The number of hydrogen-bond donors (Lipinski definition) is 0. The molecule has 0 aliphatic heterocycles. The summed E-state index contributed by atoms with van der Waals surface area (Å²) >= 11 is 0. The maximum absolute atomic E-state index is 12.8. The van der Waals surface area contributed by atoms with E-state index in [1.54, 1.807) is 12.1 Å². The van der Waals surface area contributed by atoms with E-state index < -0.39 is 0 Å². The molecule has 1 aromatic heterocycles. The second-order valence-corrected chi connectivity index (χ2v) is 6.89. The standard InChI is InChI=1S/C20H21FN2O2/c1-20(2,3)15-6-4-14(5-7-15)19-22-18(25-23-19)12-13-24-17-10-8-16(21)9-11-17/h4-11H,12-13H2,1-3H3. The van der Waals surface area contributed by atoms with Crippen LogP contribution < -0.4 is 4.74 Å². The fraction of sp³-hybridized carbons (Fsp3) is 0.300. The number of halogens is 1. The summed E-state index contributed by atoms with van der Waals surface area (Å²) in [6, 6.07) is 14.1. The molecule has 0 amide bonds. The van der Waals surface area contributed by atoms with Gasteiger partial charge in [0.05, 0.1) is 13.0 Å². The van der Waals surface area contributed by atoms with Gasteiger partial charge in [-0.3, -0.25) is 0 Å². The van der Waals surface area contributed by atoms with Crippen molar-refractivity contribution in [2.75, 3.05) is 6.61 Å². The molecule has 0 N–H and O–H groups in total. The summed E-state index contributed by atoms with van der Waals surface area (Å²) in [7, 11) is 0. The van der Waals surface area contributed by atoms with Crippen LogP contribution in [0, 0.1) is 5.82 Å². The zero-order chi connectivity index (χ0) is 17.9. The SMILES string of the molecule is CC(C)(C)c1ccc(-c2noc(CCOc3ccc(F)cc3)n2)cc1. The van der Waals surface area contributed by atoms with Crippen LogP contribution in [-0.2, 0) is 11.8 Å². The lowest BCUT2D eigenvalue weighted by Gasteiger charge is -2.18. The van der Waals surface area contributed by atoms with Crippen molar-refractivity contribution >= 4 is 0 Å². The van der Waals surface area contributed by atoms with Crippen LogP contribution in [-0.4, -0.2) is 16.7 Å². The van der Waals surface area contributed by atoms with E-state index in [2.05, 4.69) is 43.0 Å². The lowest BCUT2D eigenvalue weighted by atomic mass is 9.87. The Labute approximate surface area is 146 Å². The van der Waals surface area contributed by atoms with Gasteiger partial charge in [0.1, 0.15) is 11.6 Å². The molecule has 0 saturated heterocycles. The molecule has 25 heavy (non-hydrogen) atoms. The molecule has 0 spiro atoms. The summed E-state index contributed by atoms with van der Waals surface area (Å²) in [4.78, 5) is 4.40. The molecule has 2 aromatic carbocycles. The Bertz CT molecular complexity index is 818. The average molecular weight is 340 g/mol. The summed E-state index contributed by atoms with van der Waals surface area (Å²) in [6.45, 7) is 6.91. The minimum absolute atomic E-state index is 0.110. The van der Waals surface area contributed by atoms with E-state index in [1.807, 2.05) is 12.1 Å². The third-order valence-corrected chi connectivity index (χ3v) is 3.88. The predicted octanol–water partition coefficient (Wildman–Crippen LogP) is 4.79. The molecule has 0 bridgehead atoms. The fourth-order valence-corrected chi connectivity index (χ4v) is 2.38. The first-order valence-electron chi connectivity index (χ1n) is 8.24. The van der Waals surface area contributed by atoms with E-state index >= 15 is 0 Å². The van der Waals surface area contributed by atoms with Crippen molar-refractivity contribution in [2.45, 2.75) is 32.6 Å². The quantitative estimate of drug-likeness (QED) is 0.670. The summed E-state index contributed by atoms with van der Waals surface area (Å²) in [5.74, 6) is 1.40. The van der Waals surface area contributed by atoms with Crippen molar-refractivity contribution in [2.24, 2.45) is 0 Å². The molecule has 0 radical (unpaired) electrons. The normalized spacial score (nSPS) is 11.5. The molecule has 0 fully saturated rings. The topological polar surface area (TPSA) is 48.2 Å². The van der Waals surface area contributed by atoms with Crippen LogP contribution in [0.4, 0.5) is 4.39 Å². The molecule has 1 heterocycles. The smallest absolute Gasteiger partial charge is 0.230 e. The first kappa shape index (κ1) is 17.1. The number of rotatable bonds is 5. The average Bonchev–Trinajstić information content (AvgIpc) is 3.05. The van der Waals surface area contributed by atoms with Gasteiger partial charge in [-0.25, -0.2) is 4.39 Å². The largest absolute Gasteiger partial charge is 0.493 e. The highest BCUT2D eigenvalue weighted by molar-refractivity contribution is 5.55. The number of hydrogen-bond acceptors (Lipinski definition) is 4. The molecule has 130 valence electrons. The van der Waals surface area contributed by atoms with Crippen LogP contribution in [0.5, 0.6) is 5.75 Å². The highest BCUT2D eigenvalue weighted by Crippen LogP contribution is 2.25. The lowest BCUT2D eigenvalue weighted by molar-refractivity contribution is 0.292. The van der Waals surface area contributed by atoms with Crippen molar-refractivity contribution in [1.29, 1.82) is 0 Å². The van der Waals surface area contributed by atoms with Crippen LogP contribution in [0.3, 0.4) is 0 Å². The van der Waals surface area contributed by atoms with E-state index in [-0.39, 0.29) is 11.2 Å². The predicted molar refractivity (Wildman–Crippen MR) is 94.0 cm³/mol. The molecule has 3 aromatic rings. The summed E-state index contributed by atoms with van der Waals surface area (Å²) in [5.41, 5.74) is 2.29. The highest BCUT2D eigenvalue weighted by Gasteiger charge is 2.14. The van der Waals surface area contributed by atoms with Crippen LogP contribution in [0.15, 0.2) is 53.1 Å². The van der Waals surface area contributed by atoms with Crippen molar-refractivity contribution in [3.8, 4) is 17.1 Å². The van der Waals surface area contributed by atoms with Crippen LogP contribution in [0.1, 0.15) is 32.2 Å². The van der Waals surface area contributed by atoms with Gasteiger partial charge in [-0.05, 0) is 35.2 Å². The summed E-state index contributed by atoms with van der Waals surface area (Å²) < 4.78 is 23.7. The van der Waals surface area contributed by atoms with Crippen molar-refractivity contribution < 1.29 is 13.7 Å². The number of nitrogens with zero attached hydrogens (tertiary/aromatic N) is 2. The molecular formula is C20H21FN2O2. The van der Waals surface area contributed by atoms with E-state index in [1.165, 1.54) is 17.7 Å². The van der Waals surface area contributed by atoms with Gasteiger partial charge in [-0.15, -0.1) is 0 Å². The van der Waals surface area contributed by atoms with Gasteiger partial charge in [0.15, 0.2) is 0 Å². The Hall–Kier alpha value is -2.69. The Morgan fingerprint density at radius 3 is 2.32 bits per heavy atom. The van der Waals surface area contributed by atoms with Gasteiger partial charge >= 0.3 is 0 Å². The molecule has 0 unspecified atom stereocenters. The van der Waals surface area contributed by atoms with E-state index in [0.29, 0.717) is 30.5 Å². The molecule has 4 nitrogen and oxygen atoms in total. The zero-order valence-electron chi connectivity index (χ0n) is 14.6. The van der Waals surface area contributed by atoms with Gasteiger partial charge in [0, 0.05) is 5.56 Å². The fourth-order valence-electron chi connectivity index (χ4n) is 2.38. The van der Waals surface area contributed by atoms with E-state index in [4.69, 9.17) is 9.26 Å². The molecule has 0 aliphatic carbocycles. The molecule has 0 aliphatic rings. The van der Waals surface area contributed by atoms with Crippen molar-refractivity contribution in [3.63, 3.8) is 0 Å². The monoisotopic (exact) mass is 340 g/mol. The number of benzene rings is 2. The van der Waals surface area contributed by atoms with E-state index in [0.717, 1.165) is 5.56 Å². The third-order valence-electron chi connectivity index (χ3n) is 3.88. The minimum atomic E-state index is -0.286. The first-order chi connectivity index (χ1) is 11.9. The van der Waals surface area contributed by atoms with Crippen LogP contribution >= 0.6 is 0 Å².